The van der Waals surface area contributed by atoms with Crippen LogP contribution in [0.5, 0.6) is 0 Å². The highest BCUT2D eigenvalue weighted by Gasteiger charge is 2.30. The monoisotopic (exact) mass is 389 g/mol. The molecular weight excluding hydrogens is 371 g/mol. The number of tetrazole rings is 1. The average molecular weight is 389 g/mol. The third-order valence-electron chi connectivity index (χ3n) is 4.05. The largest absolute Gasteiger partial charge is 0.416 e. The minimum Gasteiger partial charge on any atom is -0.324 e. The van der Waals surface area contributed by atoms with Crippen molar-refractivity contribution in [1.29, 1.82) is 0 Å². The SMILES string of the molecule is CC(C)c1ccc(NC(=O)Cn2nnc(-c3cccc(C(F)(F)F)c3)n2)cc1. The Morgan fingerprint density at radius 2 is 1.86 bits per heavy atom. The van der Waals surface area contributed by atoms with Gasteiger partial charge in [0.1, 0.15) is 6.54 Å². The number of nitrogens with one attached hydrogen (secondary N) is 1. The molecule has 0 saturated carbocycles. The summed E-state index contributed by atoms with van der Waals surface area (Å²) in [6, 6.07) is 12.1. The van der Waals surface area contributed by atoms with Gasteiger partial charge in [0.15, 0.2) is 0 Å². The summed E-state index contributed by atoms with van der Waals surface area (Å²) < 4.78 is 38.5. The number of alkyl halides is 3. The lowest BCUT2D eigenvalue weighted by atomic mass is 10.0. The molecule has 0 aliphatic rings. The van der Waals surface area contributed by atoms with Crippen LogP contribution in [0.15, 0.2) is 48.5 Å². The van der Waals surface area contributed by atoms with Gasteiger partial charge >= 0.3 is 6.18 Å². The third-order valence-corrected chi connectivity index (χ3v) is 4.05. The van der Waals surface area contributed by atoms with Crippen molar-refractivity contribution in [2.24, 2.45) is 0 Å². The van der Waals surface area contributed by atoms with Crippen molar-refractivity contribution >= 4 is 11.6 Å². The zero-order valence-electron chi connectivity index (χ0n) is 15.2. The smallest absolute Gasteiger partial charge is 0.324 e. The van der Waals surface area contributed by atoms with Crippen molar-refractivity contribution < 1.29 is 18.0 Å². The second kappa shape index (κ2) is 7.79. The molecule has 3 aromatic rings. The normalized spacial score (nSPS) is 11.6. The standard InChI is InChI=1S/C19H18F3N5O/c1-12(2)13-6-8-16(9-7-13)23-17(28)11-27-25-18(24-26-27)14-4-3-5-15(10-14)19(20,21)22/h3-10,12H,11H2,1-2H3,(H,23,28). The number of hydrogen-bond donors (Lipinski definition) is 1. The Kier molecular flexibility index (Phi) is 5.43. The fourth-order valence-corrected chi connectivity index (χ4v) is 2.54. The molecule has 3 rings (SSSR count). The summed E-state index contributed by atoms with van der Waals surface area (Å²) in [6.45, 7) is 3.94. The second-order valence-corrected chi connectivity index (χ2v) is 6.55. The quantitative estimate of drug-likeness (QED) is 0.712. The molecule has 6 nitrogen and oxygen atoms in total. The topological polar surface area (TPSA) is 72.7 Å². The number of aromatic nitrogens is 4. The lowest BCUT2D eigenvalue weighted by molar-refractivity contribution is -0.137. The molecule has 28 heavy (non-hydrogen) atoms. The second-order valence-electron chi connectivity index (χ2n) is 6.55. The number of anilines is 1. The van der Waals surface area contributed by atoms with Crippen LogP contribution in [0.25, 0.3) is 11.4 Å². The van der Waals surface area contributed by atoms with Crippen LogP contribution in [-0.2, 0) is 17.5 Å². The van der Waals surface area contributed by atoms with E-state index < -0.39 is 11.7 Å². The predicted octanol–water partition coefficient (Wildman–Crippen LogP) is 4.12. The Morgan fingerprint density at radius 3 is 2.50 bits per heavy atom. The van der Waals surface area contributed by atoms with Gasteiger partial charge in [-0.05, 0) is 41.0 Å². The van der Waals surface area contributed by atoms with E-state index >= 15 is 0 Å². The number of carbonyl (C=O) groups excluding carboxylic acids is 1. The molecule has 0 spiro atoms. The number of nitrogens with zero attached hydrogens (tertiary/aromatic N) is 4. The first-order valence-electron chi connectivity index (χ1n) is 8.57. The number of amides is 1. The minimum atomic E-state index is -4.46. The summed E-state index contributed by atoms with van der Waals surface area (Å²) in [5.74, 6) is 0.0313. The van der Waals surface area contributed by atoms with E-state index in [4.69, 9.17) is 0 Å². The van der Waals surface area contributed by atoms with Gasteiger partial charge in [-0.1, -0.05) is 38.1 Å². The molecule has 0 saturated heterocycles. The maximum absolute atomic E-state index is 12.8. The number of carbonyl (C=O) groups is 1. The highest BCUT2D eigenvalue weighted by molar-refractivity contribution is 5.90. The van der Waals surface area contributed by atoms with Gasteiger partial charge in [-0.15, -0.1) is 10.2 Å². The minimum absolute atomic E-state index is 0.0141. The van der Waals surface area contributed by atoms with Crippen LogP contribution in [0.2, 0.25) is 0 Å². The van der Waals surface area contributed by atoms with Gasteiger partial charge in [-0.25, -0.2) is 0 Å². The molecule has 1 heterocycles. The first-order valence-corrected chi connectivity index (χ1v) is 8.57. The lowest BCUT2D eigenvalue weighted by Gasteiger charge is -2.08. The van der Waals surface area contributed by atoms with Crippen molar-refractivity contribution in [2.45, 2.75) is 32.5 Å². The van der Waals surface area contributed by atoms with Crippen LogP contribution in [0, 0.1) is 0 Å². The lowest BCUT2D eigenvalue weighted by Crippen LogP contribution is -2.20. The van der Waals surface area contributed by atoms with Gasteiger partial charge in [0, 0.05) is 11.3 Å². The summed E-state index contributed by atoms with van der Waals surface area (Å²) in [5, 5.41) is 14.2. The maximum atomic E-state index is 12.8. The molecular formula is C19H18F3N5O. The average Bonchev–Trinajstić information content (AvgIpc) is 3.10. The van der Waals surface area contributed by atoms with E-state index in [0.717, 1.165) is 22.5 Å². The fourth-order valence-electron chi connectivity index (χ4n) is 2.54. The van der Waals surface area contributed by atoms with Crippen LogP contribution in [0.3, 0.4) is 0 Å². The molecule has 0 fully saturated rings. The molecule has 1 amide bonds. The first kappa shape index (κ1) is 19.5. The Morgan fingerprint density at radius 1 is 1.14 bits per heavy atom. The predicted molar refractivity (Wildman–Crippen MR) is 97.4 cm³/mol. The van der Waals surface area contributed by atoms with E-state index in [1.165, 1.54) is 12.1 Å². The number of hydrogen-bond acceptors (Lipinski definition) is 4. The van der Waals surface area contributed by atoms with E-state index in [1.54, 1.807) is 12.1 Å². The summed E-state index contributed by atoms with van der Waals surface area (Å²) in [5.41, 5.74) is 1.16. The van der Waals surface area contributed by atoms with Crippen molar-refractivity contribution in [2.75, 3.05) is 5.32 Å². The van der Waals surface area contributed by atoms with Gasteiger partial charge in [-0.2, -0.15) is 18.0 Å². The highest BCUT2D eigenvalue weighted by Crippen LogP contribution is 2.31. The van der Waals surface area contributed by atoms with Crippen LogP contribution in [-0.4, -0.2) is 26.1 Å². The van der Waals surface area contributed by atoms with Crippen molar-refractivity contribution in [3.8, 4) is 11.4 Å². The van der Waals surface area contributed by atoms with Gasteiger partial charge < -0.3 is 5.32 Å². The summed E-state index contributed by atoms with van der Waals surface area (Å²) in [6.07, 6.45) is -4.46. The van der Waals surface area contributed by atoms with E-state index in [9.17, 15) is 18.0 Å². The number of rotatable bonds is 5. The molecule has 0 aliphatic carbocycles. The molecule has 146 valence electrons. The fraction of sp³-hybridized carbons (Fsp3) is 0.263. The molecule has 0 unspecified atom stereocenters. The molecule has 9 heteroatoms. The van der Waals surface area contributed by atoms with Crippen LogP contribution < -0.4 is 5.32 Å². The van der Waals surface area contributed by atoms with Crippen LogP contribution >= 0.6 is 0 Å². The zero-order chi connectivity index (χ0) is 20.3. The molecule has 1 N–H and O–H groups in total. The molecule has 0 bridgehead atoms. The van der Waals surface area contributed by atoms with E-state index in [1.807, 2.05) is 12.1 Å². The van der Waals surface area contributed by atoms with Crippen molar-refractivity contribution in [3.05, 3.63) is 59.7 Å². The first-order chi connectivity index (χ1) is 13.2. The zero-order valence-corrected chi connectivity index (χ0v) is 15.2. The summed E-state index contributed by atoms with van der Waals surface area (Å²) >= 11 is 0. The van der Waals surface area contributed by atoms with Gasteiger partial charge in [0.2, 0.25) is 11.7 Å². The Balaban J connectivity index is 1.66. The molecule has 0 radical (unpaired) electrons. The molecule has 1 aromatic heterocycles. The summed E-state index contributed by atoms with van der Waals surface area (Å²) in [7, 11) is 0. The molecule has 0 atom stereocenters. The van der Waals surface area contributed by atoms with Crippen LogP contribution in [0.4, 0.5) is 18.9 Å². The highest BCUT2D eigenvalue weighted by atomic mass is 19.4. The van der Waals surface area contributed by atoms with E-state index in [-0.39, 0.29) is 23.8 Å². The Hall–Kier alpha value is -3.23. The van der Waals surface area contributed by atoms with E-state index in [2.05, 4.69) is 34.6 Å². The van der Waals surface area contributed by atoms with Crippen molar-refractivity contribution in [3.63, 3.8) is 0 Å². The van der Waals surface area contributed by atoms with E-state index in [0.29, 0.717) is 11.6 Å². The third kappa shape index (κ3) is 4.73. The van der Waals surface area contributed by atoms with Gasteiger partial charge in [-0.3, -0.25) is 4.79 Å². The van der Waals surface area contributed by atoms with Crippen molar-refractivity contribution in [1.82, 2.24) is 20.2 Å². The van der Waals surface area contributed by atoms with Crippen LogP contribution in [0.1, 0.15) is 30.9 Å². The van der Waals surface area contributed by atoms with Gasteiger partial charge in [0.05, 0.1) is 5.56 Å². The number of halogens is 3. The van der Waals surface area contributed by atoms with Gasteiger partial charge in [0.25, 0.3) is 0 Å². The number of benzene rings is 2. The molecule has 0 aliphatic heterocycles. The maximum Gasteiger partial charge on any atom is 0.416 e. The Labute approximate surface area is 159 Å². The molecule has 2 aromatic carbocycles. The summed E-state index contributed by atoms with van der Waals surface area (Å²) in [4.78, 5) is 13.2. The Bertz CT molecular complexity index is 964.